The van der Waals surface area contributed by atoms with E-state index in [9.17, 15) is 9.18 Å². The predicted octanol–water partition coefficient (Wildman–Crippen LogP) is 2.43. The molecule has 132 valence electrons. The van der Waals surface area contributed by atoms with E-state index in [1.807, 2.05) is 38.2 Å². The highest BCUT2D eigenvalue weighted by Gasteiger charge is 2.22. The molecule has 0 fully saturated rings. The number of amides is 1. The second kappa shape index (κ2) is 8.99. The van der Waals surface area contributed by atoms with Gasteiger partial charge in [0.1, 0.15) is 24.7 Å². The summed E-state index contributed by atoms with van der Waals surface area (Å²) in [6, 6.07) is 13.6. The van der Waals surface area contributed by atoms with Crippen LogP contribution in [-0.4, -0.2) is 25.6 Å². The Kier molecular flexibility index (Phi) is 6.71. The molecule has 2 atom stereocenters. The minimum atomic E-state index is -0.434. The van der Waals surface area contributed by atoms with Crippen molar-refractivity contribution in [2.24, 2.45) is 0 Å². The summed E-state index contributed by atoms with van der Waals surface area (Å²) in [6.07, 6.45) is 1.70. The van der Waals surface area contributed by atoms with Gasteiger partial charge in [0.05, 0.1) is 12.7 Å². The van der Waals surface area contributed by atoms with Crippen LogP contribution in [0.4, 0.5) is 10.1 Å². The van der Waals surface area contributed by atoms with Crippen LogP contribution in [0.2, 0.25) is 0 Å². The molecule has 5 heteroatoms. The molecule has 0 aliphatic carbocycles. The summed E-state index contributed by atoms with van der Waals surface area (Å²) in [5, 5.41) is 2.64. The standard InChI is InChI=1S/C20H23FN2O2/c1-4-13-25-17-11-9-16(10-12-17)14-23(3)15(2)20(24)22-19-8-6-5-7-18(19)21/h4-12,15H,1,13-14H2,2-3H3,(H,22,24)/p+1/t15-/m0/s1. The number of rotatable bonds is 8. The Labute approximate surface area is 147 Å². The zero-order valence-corrected chi connectivity index (χ0v) is 14.6. The number of ether oxygens (including phenoxy) is 1. The lowest BCUT2D eigenvalue weighted by molar-refractivity contribution is -0.907. The van der Waals surface area contributed by atoms with Crippen LogP contribution in [0.15, 0.2) is 61.2 Å². The molecule has 2 N–H and O–H groups in total. The minimum absolute atomic E-state index is 0.205. The zero-order valence-electron chi connectivity index (χ0n) is 14.6. The van der Waals surface area contributed by atoms with Crippen LogP contribution in [0.25, 0.3) is 0 Å². The molecule has 0 spiro atoms. The van der Waals surface area contributed by atoms with Gasteiger partial charge in [-0.1, -0.05) is 24.8 Å². The summed E-state index contributed by atoms with van der Waals surface area (Å²) in [5.41, 5.74) is 1.30. The van der Waals surface area contributed by atoms with Gasteiger partial charge in [-0.2, -0.15) is 0 Å². The van der Waals surface area contributed by atoms with Crippen LogP contribution in [0, 0.1) is 5.82 Å². The molecule has 0 aliphatic heterocycles. The molecule has 0 saturated carbocycles. The molecule has 25 heavy (non-hydrogen) atoms. The van der Waals surface area contributed by atoms with Crippen molar-refractivity contribution in [1.29, 1.82) is 0 Å². The first-order valence-electron chi connectivity index (χ1n) is 8.21. The number of likely N-dealkylation sites (N-methyl/N-ethyl adjacent to an activating group) is 1. The van der Waals surface area contributed by atoms with E-state index in [1.165, 1.54) is 6.07 Å². The molecule has 0 aromatic heterocycles. The van der Waals surface area contributed by atoms with Crippen LogP contribution >= 0.6 is 0 Å². The first-order valence-corrected chi connectivity index (χ1v) is 8.21. The van der Waals surface area contributed by atoms with Gasteiger partial charge in [-0.05, 0) is 43.3 Å². The number of hydrogen-bond donors (Lipinski definition) is 2. The van der Waals surface area contributed by atoms with Crippen LogP contribution in [0.3, 0.4) is 0 Å². The lowest BCUT2D eigenvalue weighted by atomic mass is 10.1. The van der Waals surface area contributed by atoms with E-state index in [4.69, 9.17) is 4.74 Å². The lowest BCUT2D eigenvalue weighted by Gasteiger charge is -2.21. The fourth-order valence-corrected chi connectivity index (χ4v) is 2.36. The number of halogens is 1. The SMILES string of the molecule is C=CCOc1ccc(C[NH+](C)[C@@H](C)C(=O)Nc2ccccc2F)cc1. The van der Waals surface area contributed by atoms with E-state index in [2.05, 4.69) is 11.9 Å². The molecule has 0 saturated heterocycles. The van der Waals surface area contributed by atoms with E-state index < -0.39 is 5.82 Å². The Morgan fingerprint density at radius 3 is 2.60 bits per heavy atom. The Balaban J connectivity index is 1.92. The van der Waals surface area contributed by atoms with Gasteiger partial charge in [0.2, 0.25) is 0 Å². The van der Waals surface area contributed by atoms with Crippen molar-refractivity contribution < 1.29 is 18.8 Å². The molecule has 2 aromatic carbocycles. The zero-order chi connectivity index (χ0) is 18.2. The molecule has 0 radical (unpaired) electrons. The largest absolute Gasteiger partial charge is 0.490 e. The first kappa shape index (κ1) is 18.7. The average Bonchev–Trinajstić information content (AvgIpc) is 2.62. The number of carbonyl (C=O) groups excluding carboxylic acids is 1. The van der Waals surface area contributed by atoms with Gasteiger partial charge >= 0.3 is 0 Å². The summed E-state index contributed by atoms with van der Waals surface area (Å²) < 4.78 is 19.1. The third kappa shape index (κ3) is 5.43. The highest BCUT2D eigenvalue weighted by atomic mass is 19.1. The number of hydrogen-bond acceptors (Lipinski definition) is 2. The summed E-state index contributed by atoms with van der Waals surface area (Å²) in [4.78, 5) is 13.3. The van der Waals surface area contributed by atoms with Crippen LogP contribution in [0.1, 0.15) is 12.5 Å². The second-order valence-electron chi connectivity index (χ2n) is 5.96. The van der Waals surface area contributed by atoms with Crippen LogP contribution < -0.4 is 15.0 Å². The number of nitrogens with one attached hydrogen (secondary N) is 2. The molecule has 0 heterocycles. The minimum Gasteiger partial charge on any atom is -0.490 e. The van der Waals surface area contributed by atoms with Gasteiger partial charge in [-0.15, -0.1) is 0 Å². The van der Waals surface area contributed by atoms with Crippen LogP contribution in [0.5, 0.6) is 5.75 Å². The highest BCUT2D eigenvalue weighted by molar-refractivity contribution is 5.93. The molecule has 4 nitrogen and oxygen atoms in total. The third-order valence-electron chi connectivity index (χ3n) is 4.04. The van der Waals surface area contributed by atoms with E-state index in [-0.39, 0.29) is 17.6 Å². The van der Waals surface area contributed by atoms with E-state index in [1.54, 1.807) is 24.3 Å². The smallest absolute Gasteiger partial charge is 0.282 e. The van der Waals surface area contributed by atoms with Crippen molar-refractivity contribution in [2.75, 3.05) is 19.0 Å². The fraction of sp³-hybridized carbons (Fsp3) is 0.250. The normalized spacial score (nSPS) is 12.9. The van der Waals surface area contributed by atoms with Crippen molar-refractivity contribution >= 4 is 11.6 Å². The van der Waals surface area contributed by atoms with Gasteiger partial charge in [0.15, 0.2) is 6.04 Å². The molecule has 2 rings (SSSR count). The number of carbonyl (C=O) groups is 1. The van der Waals surface area contributed by atoms with Gasteiger partial charge in [-0.3, -0.25) is 4.79 Å². The third-order valence-corrected chi connectivity index (χ3v) is 4.04. The molecule has 1 unspecified atom stereocenters. The van der Waals surface area contributed by atoms with Gasteiger partial charge in [0.25, 0.3) is 5.91 Å². The van der Waals surface area contributed by atoms with Gasteiger partial charge in [0, 0.05) is 5.56 Å². The monoisotopic (exact) mass is 343 g/mol. The molecule has 2 aromatic rings. The number of quaternary nitrogens is 1. The first-order chi connectivity index (χ1) is 12.0. The second-order valence-corrected chi connectivity index (χ2v) is 5.96. The maximum atomic E-state index is 13.6. The summed E-state index contributed by atoms with van der Waals surface area (Å²) in [6.45, 7) is 6.58. The van der Waals surface area contributed by atoms with Crippen LogP contribution in [-0.2, 0) is 11.3 Å². The van der Waals surface area contributed by atoms with Crippen molar-refractivity contribution in [2.45, 2.75) is 19.5 Å². The predicted molar refractivity (Wildman–Crippen MR) is 97.2 cm³/mol. The fourth-order valence-electron chi connectivity index (χ4n) is 2.36. The molecule has 0 aliphatic rings. The van der Waals surface area contributed by atoms with Crippen molar-refractivity contribution in [3.8, 4) is 5.75 Å². The molecule has 0 bridgehead atoms. The molecular weight excluding hydrogens is 319 g/mol. The van der Waals surface area contributed by atoms with Crippen molar-refractivity contribution in [3.05, 3.63) is 72.6 Å². The van der Waals surface area contributed by atoms with E-state index in [0.29, 0.717) is 13.2 Å². The Morgan fingerprint density at radius 2 is 1.96 bits per heavy atom. The highest BCUT2D eigenvalue weighted by Crippen LogP contribution is 2.13. The number of anilines is 1. The lowest BCUT2D eigenvalue weighted by Crippen LogP contribution is -3.12. The summed E-state index contributed by atoms with van der Waals surface area (Å²) in [7, 11) is 1.94. The Bertz CT molecular complexity index is 716. The van der Waals surface area contributed by atoms with Gasteiger partial charge < -0.3 is 15.0 Å². The maximum Gasteiger partial charge on any atom is 0.282 e. The van der Waals surface area contributed by atoms with Gasteiger partial charge in [-0.25, -0.2) is 4.39 Å². The molecular formula is C20H24FN2O2+. The molecule has 1 amide bonds. The summed E-state index contributed by atoms with van der Waals surface area (Å²) in [5.74, 6) is 0.135. The topological polar surface area (TPSA) is 42.8 Å². The van der Waals surface area contributed by atoms with E-state index >= 15 is 0 Å². The number of benzene rings is 2. The van der Waals surface area contributed by atoms with E-state index in [0.717, 1.165) is 16.2 Å². The van der Waals surface area contributed by atoms with Crippen molar-refractivity contribution in [1.82, 2.24) is 0 Å². The average molecular weight is 343 g/mol. The van der Waals surface area contributed by atoms with Crippen molar-refractivity contribution in [3.63, 3.8) is 0 Å². The Morgan fingerprint density at radius 1 is 1.28 bits per heavy atom. The maximum absolute atomic E-state index is 13.6. The quantitative estimate of drug-likeness (QED) is 0.723. The summed E-state index contributed by atoms with van der Waals surface area (Å²) >= 11 is 0. The number of para-hydroxylation sites is 1. The Hall–Kier alpha value is -2.66.